The third-order valence-corrected chi connectivity index (χ3v) is 5.19. The number of nitrogens with zero attached hydrogens (tertiary/aromatic N) is 2. The first-order valence-electron chi connectivity index (χ1n) is 8.38. The van der Waals surface area contributed by atoms with Crippen molar-refractivity contribution in [3.8, 4) is 6.07 Å². The molecule has 0 bridgehead atoms. The molecule has 25 heavy (non-hydrogen) atoms. The lowest BCUT2D eigenvalue weighted by Crippen LogP contribution is -2.31. The molecular formula is C18H21N3O3S. The lowest BCUT2D eigenvalue weighted by Gasteiger charge is -2.25. The number of thioether (sulfide) groups is 1. The predicted octanol–water partition coefficient (Wildman–Crippen LogP) is 4.25. The van der Waals surface area contributed by atoms with E-state index in [4.69, 9.17) is 0 Å². The monoisotopic (exact) mass is 359 g/mol. The lowest BCUT2D eigenvalue weighted by molar-refractivity contribution is -0.384. The molecular weight excluding hydrogens is 338 g/mol. The molecule has 1 aliphatic rings. The number of nitriles is 1. The molecule has 1 heterocycles. The van der Waals surface area contributed by atoms with Crippen LogP contribution >= 0.6 is 11.8 Å². The molecule has 6 nitrogen and oxygen atoms in total. The van der Waals surface area contributed by atoms with Crippen LogP contribution in [-0.2, 0) is 4.79 Å². The van der Waals surface area contributed by atoms with Crippen molar-refractivity contribution in [3.63, 3.8) is 0 Å². The van der Waals surface area contributed by atoms with Gasteiger partial charge in [-0.1, -0.05) is 38.3 Å². The summed E-state index contributed by atoms with van der Waals surface area (Å²) < 4.78 is 0. The number of carbonyl (C=O) groups excluding carboxylic acids is 1. The van der Waals surface area contributed by atoms with E-state index < -0.39 is 10.8 Å². The third kappa shape index (κ3) is 5.07. The summed E-state index contributed by atoms with van der Waals surface area (Å²) in [7, 11) is 0. The lowest BCUT2D eigenvalue weighted by atomic mass is 9.87. The van der Waals surface area contributed by atoms with Gasteiger partial charge in [0.05, 0.1) is 21.6 Å². The summed E-state index contributed by atoms with van der Waals surface area (Å²) >= 11 is 1.48. The topological polar surface area (TPSA) is 96.0 Å². The van der Waals surface area contributed by atoms with E-state index in [1.807, 2.05) is 0 Å². The Morgan fingerprint density at radius 1 is 1.40 bits per heavy atom. The summed E-state index contributed by atoms with van der Waals surface area (Å²) in [6.07, 6.45) is 4.61. The highest BCUT2D eigenvalue weighted by Crippen LogP contribution is 2.37. The molecule has 1 aromatic carbocycles. The van der Waals surface area contributed by atoms with Gasteiger partial charge in [0.25, 0.3) is 5.69 Å². The maximum absolute atomic E-state index is 12.1. The van der Waals surface area contributed by atoms with E-state index in [0.29, 0.717) is 16.2 Å². The Kier molecular flexibility index (Phi) is 7.02. The number of benzene rings is 1. The summed E-state index contributed by atoms with van der Waals surface area (Å²) in [6, 6.07) is 8.38. The van der Waals surface area contributed by atoms with Gasteiger partial charge in [0.1, 0.15) is 0 Å². The van der Waals surface area contributed by atoms with Crippen molar-refractivity contribution in [3.05, 3.63) is 50.5 Å². The van der Waals surface area contributed by atoms with Crippen LogP contribution in [0.15, 0.2) is 34.9 Å². The smallest absolute Gasteiger partial charge is 0.269 e. The molecule has 1 amide bonds. The first kappa shape index (κ1) is 19.0. The first-order chi connectivity index (χ1) is 12.1. The number of non-ortho nitro benzene ring substituents is 1. The Bertz CT molecular complexity index is 725. The van der Waals surface area contributed by atoms with Gasteiger partial charge in [-0.25, -0.2) is 0 Å². The summed E-state index contributed by atoms with van der Waals surface area (Å²) in [4.78, 5) is 22.6. The van der Waals surface area contributed by atoms with E-state index in [-0.39, 0.29) is 18.0 Å². The minimum atomic E-state index is -0.467. The number of amides is 1. The van der Waals surface area contributed by atoms with Crippen LogP contribution in [0.2, 0.25) is 0 Å². The van der Waals surface area contributed by atoms with Crippen molar-refractivity contribution in [2.75, 3.05) is 5.75 Å². The van der Waals surface area contributed by atoms with Crippen LogP contribution in [0.5, 0.6) is 0 Å². The molecule has 0 saturated carbocycles. The Hall–Kier alpha value is -2.33. The molecule has 1 aliphatic heterocycles. The second-order valence-corrected chi connectivity index (χ2v) is 7.03. The fourth-order valence-corrected chi connectivity index (χ4v) is 3.86. The molecule has 0 fully saturated rings. The van der Waals surface area contributed by atoms with Gasteiger partial charge in [0.15, 0.2) is 0 Å². The maximum atomic E-state index is 12.1. The SMILES string of the molecule is CCCCCCSC1=C(C#N)[C@@H](c2cccc([N+](=O)[O-])c2)CC(=O)N1. The molecule has 2 rings (SSSR count). The average molecular weight is 359 g/mol. The fraction of sp³-hybridized carbons (Fsp3) is 0.444. The molecule has 0 aliphatic carbocycles. The van der Waals surface area contributed by atoms with E-state index >= 15 is 0 Å². The molecule has 0 unspecified atom stereocenters. The zero-order valence-corrected chi connectivity index (χ0v) is 15.0. The first-order valence-corrected chi connectivity index (χ1v) is 9.36. The largest absolute Gasteiger partial charge is 0.320 e. The number of allylic oxidation sites excluding steroid dienone is 1. The highest BCUT2D eigenvalue weighted by Gasteiger charge is 2.30. The van der Waals surface area contributed by atoms with E-state index in [0.717, 1.165) is 25.0 Å². The minimum Gasteiger partial charge on any atom is -0.320 e. The molecule has 1 aromatic rings. The van der Waals surface area contributed by atoms with Crippen molar-refractivity contribution in [2.24, 2.45) is 0 Å². The van der Waals surface area contributed by atoms with Gasteiger partial charge < -0.3 is 5.32 Å². The maximum Gasteiger partial charge on any atom is 0.269 e. The Morgan fingerprint density at radius 2 is 2.20 bits per heavy atom. The fourth-order valence-electron chi connectivity index (χ4n) is 2.78. The van der Waals surface area contributed by atoms with E-state index in [2.05, 4.69) is 18.3 Å². The quantitative estimate of drug-likeness (QED) is 0.425. The van der Waals surface area contributed by atoms with Crippen LogP contribution in [0, 0.1) is 21.4 Å². The van der Waals surface area contributed by atoms with Crippen LogP contribution in [0.25, 0.3) is 0 Å². The highest BCUT2D eigenvalue weighted by molar-refractivity contribution is 8.03. The predicted molar refractivity (Wildman–Crippen MR) is 97.8 cm³/mol. The van der Waals surface area contributed by atoms with Crippen LogP contribution in [-0.4, -0.2) is 16.6 Å². The summed E-state index contributed by atoms with van der Waals surface area (Å²) in [5, 5.41) is 24.0. The highest BCUT2D eigenvalue weighted by atomic mass is 32.2. The van der Waals surface area contributed by atoms with Gasteiger partial charge >= 0.3 is 0 Å². The van der Waals surface area contributed by atoms with Crippen LogP contribution < -0.4 is 5.32 Å². The Labute approximate surface area is 151 Å². The van der Waals surface area contributed by atoms with Crippen LogP contribution in [0.4, 0.5) is 5.69 Å². The third-order valence-electron chi connectivity index (χ3n) is 4.08. The van der Waals surface area contributed by atoms with E-state index in [1.165, 1.54) is 30.3 Å². The second kappa shape index (κ2) is 9.23. The van der Waals surface area contributed by atoms with Gasteiger partial charge in [-0.05, 0) is 17.7 Å². The molecule has 0 aromatic heterocycles. The second-order valence-electron chi connectivity index (χ2n) is 5.92. The number of hydrogen-bond acceptors (Lipinski definition) is 5. The molecule has 1 N–H and O–H groups in total. The molecule has 0 spiro atoms. The van der Waals surface area contributed by atoms with E-state index in [9.17, 15) is 20.2 Å². The van der Waals surface area contributed by atoms with Crippen LogP contribution in [0.1, 0.15) is 50.5 Å². The van der Waals surface area contributed by atoms with Gasteiger partial charge in [0.2, 0.25) is 5.91 Å². The van der Waals surface area contributed by atoms with Crippen molar-refractivity contribution >= 4 is 23.4 Å². The average Bonchev–Trinajstić information content (AvgIpc) is 2.61. The number of nitro groups is 1. The van der Waals surface area contributed by atoms with Crippen molar-refractivity contribution in [1.82, 2.24) is 5.32 Å². The van der Waals surface area contributed by atoms with Crippen molar-refractivity contribution in [1.29, 1.82) is 5.26 Å². The Balaban J connectivity index is 2.23. The summed E-state index contributed by atoms with van der Waals surface area (Å²) in [5.74, 6) is 0.242. The Morgan fingerprint density at radius 3 is 2.88 bits per heavy atom. The number of rotatable bonds is 8. The molecule has 132 valence electrons. The number of carbonyl (C=O) groups is 1. The molecule has 0 saturated heterocycles. The summed E-state index contributed by atoms with van der Waals surface area (Å²) in [6.45, 7) is 2.15. The van der Waals surface area contributed by atoms with E-state index in [1.54, 1.807) is 12.1 Å². The van der Waals surface area contributed by atoms with Gasteiger partial charge in [-0.15, -0.1) is 11.8 Å². The molecule has 7 heteroatoms. The van der Waals surface area contributed by atoms with Crippen LogP contribution in [0.3, 0.4) is 0 Å². The zero-order chi connectivity index (χ0) is 18.2. The molecule has 1 atom stereocenters. The van der Waals surface area contributed by atoms with Gasteiger partial charge in [-0.2, -0.15) is 5.26 Å². The number of hydrogen-bond donors (Lipinski definition) is 1. The number of nitro benzene ring substituents is 1. The zero-order valence-electron chi connectivity index (χ0n) is 14.2. The summed E-state index contributed by atoms with van der Waals surface area (Å²) in [5.41, 5.74) is 1.08. The van der Waals surface area contributed by atoms with Gasteiger partial charge in [0, 0.05) is 24.5 Å². The van der Waals surface area contributed by atoms with Gasteiger partial charge in [-0.3, -0.25) is 14.9 Å². The number of unbranched alkanes of at least 4 members (excludes halogenated alkanes) is 3. The standard InChI is InChI=1S/C18H21N3O3S/c1-2-3-4-5-9-25-18-16(12-19)15(11-17(22)20-18)13-7-6-8-14(10-13)21(23)24/h6-8,10,15H,2-5,9,11H2,1H3,(H,20,22)/t15-/m1/s1. The normalized spacial score (nSPS) is 17.1. The molecule has 0 radical (unpaired) electrons. The number of nitrogens with one attached hydrogen (secondary N) is 1. The minimum absolute atomic E-state index is 0.0328. The van der Waals surface area contributed by atoms with Crippen molar-refractivity contribution < 1.29 is 9.72 Å². The van der Waals surface area contributed by atoms with Crippen molar-refractivity contribution in [2.45, 2.75) is 44.9 Å².